The zero-order valence-corrected chi connectivity index (χ0v) is 12.1. The Morgan fingerprint density at radius 2 is 1.86 bits per heavy atom. The van der Waals surface area contributed by atoms with Gasteiger partial charge in [0.1, 0.15) is 11.1 Å². The summed E-state index contributed by atoms with van der Waals surface area (Å²) in [7, 11) is 0. The Hall–Kier alpha value is -2.11. The van der Waals surface area contributed by atoms with Crippen LogP contribution in [0.15, 0.2) is 48.5 Å². The second kappa shape index (κ2) is 6.56. The van der Waals surface area contributed by atoms with Crippen LogP contribution in [-0.2, 0) is 4.79 Å². The van der Waals surface area contributed by atoms with E-state index >= 15 is 0 Å². The molecule has 108 valence electrons. The van der Waals surface area contributed by atoms with E-state index in [0.717, 1.165) is 0 Å². The van der Waals surface area contributed by atoms with Crippen molar-refractivity contribution in [1.29, 1.82) is 0 Å². The summed E-state index contributed by atoms with van der Waals surface area (Å²) < 4.78 is 0. The normalized spacial score (nSPS) is 11.7. The Kier molecular flexibility index (Phi) is 4.77. The average molecular weight is 325 g/mol. The Bertz CT molecular complexity index is 677. The summed E-state index contributed by atoms with van der Waals surface area (Å²) in [5.74, 6) is -0.548. The molecule has 0 aliphatic carbocycles. The topological polar surface area (TPSA) is 72.2 Å². The number of anilines is 1. The van der Waals surface area contributed by atoms with E-state index in [1.165, 1.54) is 18.2 Å². The minimum absolute atomic E-state index is 0.0518. The van der Waals surface area contributed by atoms with E-state index in [4.69, 9.17) is 23.2 Å². The van der Waals surface area contributed by atoms with Gasteiger partial charge in [-0.25, -0.2) is 0 Å². The summed E-state index contributed by atoms with van der Waals surface area (Å²) in [4.78, 5) is 22.4. The van der Waals surface area contributed by atoms with Gasteiger partial charge in [0.15, 0.2) is 0 Å². The van der Waals surface area contributed by atoms with Crippen molar-refractivity contribution in [3.8, 4) is 0 Å². The molecule has 2 aromatic carbocycles. The summed E-state index contributed by atoms with van der Waals surface area (Å²) in [6.45, 7) is 0. The molecule has 0 aliphatic heterocycles. The van der Waals surface area contributed by atoms with Crippen LogP contribution in [0, 0.1) is 10.1 Å². The number of nitrogens with one attached hydrogen (secondary N) is 1. The third-order valence-electron chi connectivity index (χ3n) is 2.74. The van der Waals surface area contributed by atoms with Gasteiger partial charge >= 0.3 is 0 Å². The molecule has 0 aromatic heterocycles. The van der Waals surface area contributed by atoms with Crippen molar-refractivity contribution in [1.82, 2.24) is 0 Å². The molecule has 0 fully saturated rings. The van der Waals surface area contributed by atoms with E-state index in [9.17, 15) is 14.9 Å². The predicted molar refractivity (Wildman–Crippen MR) is 81.8 cm³/mol. The molecule has 0 heterocycles. The van der Waals surface area contributed by atoms with Gasteiger partial charge < -0.3 is 5.32 Å². The lowest BCUT2D eigenvalue weighted by atomic mass is 10.1. The fraction of sp³-hybridized carbons (Fsp3) is 0.0714. The van der Waals surface area contributed by atoms with Crippen LogP contribution in [0.5, 0.6) is 0 Å². The average Bonchev–Trinajstić information content (AvgIpc) is 2.49. The third kappa shape index (κ3) is 3.71. The van der Waals surface area contributed by atoms with Crippen LogP contribution < -0.4 is 5.32 Å². The van der Waals surface area contributed by atoms with Gasteiger partial charge in [0.2, 0.25) is 5.91 Å². The van der Waals surface area contributed by atoms with Crippen molar-refractivity contribution >= 4 is 40.5 Å². The van der Waals surface area contributed by atoms with Gasteiger partial charge in [-0.2, -0.15) is 0 Å². The standard InChI is InChI=1S/C14H10Cl2N2O3/c15-10-6-7-11(12(8-10)18(20)21)17-14(19)13(16)9-4-2-1-3-5-9/h1-8,13H,(H,17,19). The highest BCUT2D eigenvalue weighted by atomic mass is 35.5. The third-order valence-corrected chi connectivity index (χ3v) is 3.42. The highest BCUT2D eigenvalue weighted by Gasteiger charge is 2.21. The molecule has 0 aliphatic rings. The van der Waals surface area contributed by atoms with Crippen molar-refractivity contribution in [3.05, 3.63) is 69.2 Å². The SMILES string of the molecule is O=C(Nc1ccc(Cl)cc1[N+](=O)[O-])C(Cl)c1ccccc1. The van der Waals surface area contributed by atoms with E-state index in [0.29, 0.717) is 5.56 Å². The van der Waals surface area contributed by atoms with Crippen LogP contribution in [0.1, 0.15) is 10.9 Å². The fourth-order valence-corrected chi connectivity index (χ4v) is 2.10. The molecular formula is C14H10Cl2N2O3. The molecule has 2 rings (SSSR count). The second-order valence-electron chi connectivity index (χ2n) is 4.18. The molecule has 5 nitrogen and oxygen atoms in total. The van der Waals surface area contributed by atoms with E-state index in [1.807, 2.05) is 0 Å². The minimum atomic E-state index is -0.943. The maximum atomic E-state index is 12.1. The Balaban J connectivity index is 2.22. The summed E-state index contributed by atoms with van der Waals surface area (Å²) in [5, 5.41) is 12.7. The molecule has 0 saturated heterocycles. The van der Waals surface area contributed by atoms with Gasteiger partial charge in [0.25, 0.3) is 5.69 Å². The highest BCUT2D eigenvalue weighted by molar-refractivity contribution is 6.33. The van der Waals surface area contributed by atoms with E-state index < -0.39 is 16.2 Å². The largest absolute Gasteiger partial charge is 0.319 e. The van der Waals surface area contributed by atoms with Crippen LogP contribution in [0.3, 0.4) is 0 Å². The molecule has 21 heavy (non-hydrogen) atoms. The van der Waals surface area contributed by atoms with Crippen molar-refractivity contribution in [2.24, 2.45) is 0 Å². The van der Waals surface area contributed by atoms with Crippen LogP contribution in [-0.4, -0.2) is 10.8 Å². The molecule has 1 atom stereocenters. The molecule has 7 heteroatoms. The number of nitro benzene ring substituents is 1. The first-order valence-electron chi connectivity index (χ1n) is 5.93. The number of hydrogen-bond donors (Lipinski definition) is 1. The number of nitro groups is 1. The van der Waals surface area contributed by atoms with Crippen LogP contribution in [0.4, 0.5) is 11.4 Å². The maximum absolute atomic E-state index is 12.1. The van der Waals surface area contributed by atoms with Crippen molar-refractivity contribution in [2.45, 2.75) is 5.38 Å². The van der Waals surface area contributed by atoms with Crippen LogP contribution in [0.2, 0.25) is 5.02 Å². The highest BCUT2D eigenvalue weighted by Crippen LogP contribution is 2.29. The lowest BCUT2D eigenvalue weighted by molar-refractivity contribution is -0.383. The summed E-state index contributed by atoms with van der Waals surface area (Å²) in [6.07, 6.45) is 0. The van der Waals surface area contributed by atoms with Gasteiger partial charge in [-0.3, -0.25) is 14.9 Å². The van der Waals surface area contributed by atoms with E-state index in [-0.39, 0.29) is 16.4 Å². The van der Waals surface area contributed by atoms with Crippen molar-refractivity contribution in [3.63, 3.8) is 0 Å². The number of carbonyl (C=O) groups excluding carboxylic acids is 1. The minimum Gasteiger partial charge on any atom is -0.319 e. The molecule has 0 bridgehead atoms. The van der Waals surface area contributed by atoms with Gasteiger partial charge in [-0.1, -0.05) is 41.9 Å². The number of amides is 1. The number of halogens is 2. The lowest BCUT2D eigenvalue weighted by Gasteiger charge is -2.11. The number of carbonyl (C=O) groups is 1. The molecule has 1 N–H and O–H groups in total. The van der Waals surface area contributed by atoms with Crippen LogP contribution >= 0.6 is 23.2 Å². The maximum Gasteiger partial charge on any atom is 0.294 e. The molecular weight excluding hydrogens is 315 g/mol. The van der Waals surface area contributed by atoms with E-state index in [1.54, 1.807) is 30.3 Å². The number of alkyl halides is 1. The predicted octanol–water partition coefficient (Wildman–Crippen LogP) is 4.17. The Morgan fingerprint density at radius 3 is 2.48 bits per heavy atom. The molecule has 0 saturated carbocycles. The van der Waals surface area contributed by atoms with E-state index in [2.05, 4.69) is 5.32 Å². The summed E-state index contributed by atoms with van der Waals surface area (Å²) >= 11 is 11.8. The number of benzene rings is 2. The van der Waals surface area contributed by atoms with Crippen molar-refractivity contribution in [2.75, 3.05) is 5.32 Å². The smallest absolute Gasteiger partial charge is 0.294 e. The molecule has 0 spiro atoms. The second-order valence-corrected chi connectivity index (χ2v) is 5.05. The first-order valence-corrected chi connectivity index (χ1v) is 6.74. The quantitative estimate of drug-likeness (QED) is 0.521. The molecule has 0 radical (unpaired) electrons. The van der Waals surface area contributed by atoms with Crippen LogP contribution in [0.25, 0.3) is 0 Å². The molecule has 1 unspecified atom stereocenters. The Morgan fingerprint density at radius 1 is 1.19 bits per heavy atom. The lowest BCUT2D eigenvalue weighted by Crippen LogP contribution is -2.18. The van der Waals surface area contributed by atoms with Gasteiger partial charge in [0, 0.05) is 11.1 Å². The molecule has 1 amide bonds. The van der Waals surface area contributed by atoms with Gasteiger partial charge in [-0.15, -0.1) is 11.6 Å². The van der Waals surface area contributed by atoms with Crippen molar-refractivity contribution < 1.29 is 9.72 Å². The monoisotopic (exact) mass is 324 g/mol. The summed E-state index contributed by atoms with van der Waals surface area (Å²) in [5.41, 5.74) is 0.372. The number of hydrogen-bond acceptors (Lipinski definition) is 3. The van der Waals surface area contributed by atoms with Gasteiger partial charge in [-0.05, 0) is 17.7 Å². The first-order chi connectivity index (χ1) is 9.99. The zero-order chi connectivity index (χ0) is 15.4. The zero-order valence-electron chi connectivity index (χ0n) is 10.6. The number of nitrogens with zero attached hydrogens (tertiary/aromatic N) is 1. The van der Waals surface area contributed by atoms with Gasteiger partial charge in [0.05, 0.1) is 4.92 Å². The molecule has 2 aromatic rings. The summed E-state index contributed by atoms with van der Waals surface area (Å²) in [6, 6.07) is 12.7. The fourth-order valence-electron chi connectivity index (χ4n) is 1.73. The number of rotatable bonds is 4. The first kappa shape index (κ1) is 15.3. The Labute approximate surface area is 130 Å².